The summed E-state index contributed by atoms with van der Waals surface area (Å²) in [6.07, 6.45) is 3.07. The summed E-state index contributed by atoms with van der Waals surface area (Å²) in [5.41, 5.74) is 2.07. The van der Waals surface area contributed by atoms with Gasteiger partial charge in [0.25, 0.3) is 0 Å². The second kappa shape index (κ2) is 7.79. The van der Waals surface area contributed by atoms with Crippen LogP contribution in [0.3, 0.4) is 0 Å². The molecule has 0 bridgehead atoms. The molecule has 0 radical (unpaired) electrons. The average Bonchev–Trinajstić information content (AvgIpc) is 3.37. The number of amides is 1. The van der Waals surface area contributed by atoms with Gasteiger partial charge in [-0.1, -0.05) is 24.3 Å². The van der Waals surface area contributed by atoms with Crippen LogP contribution in [0.15, 0.2) is 47.2 Å². The van der Waals surface area contributed by atoms with E-state index in [0.717, 1.165) is 17.9 Å². The Labute approximate surface area is 169 Å². The van der Waals surface area contributed by atoms with Crippen LogP contribution in [0.1, 0.15) is 17.1 Å². The summed E-state index contributed by atoms with van der Waals surface area (Å²) < 4.78 is 2.44. The van der Waals surface area contributed by atoms with E-state index in [1.54, 1.807) is 17.8 Å². The quantitative estimate of drug-likeness (QED) is 0.473. The van der Waals surface area contributed by atoms with E-state index in [1.807, 2.05) is 22.1 Å². The van der Waals surface area contributed by atoms with Crippen LogP contribution < -0.4 is 5.32 Å². The lowest BCUT2D eigenvalue weighted by molar-refractivity contribution is -0.115. The molecule has 4 rings (SSSR count). The monoisotopic (exact) mass is 415 g/mol. The van der Waals surface area contributed by atoms with E-state index in [2.05, 4.69) is 39.2 Å². The van der Waals surface area contributed by atoms with Crippen LogP contribution in [0.2, 0.25) is 0 Å². The van der Waals surface area contributed by atoms with Crippen molar-refractivity contribution in [3.8, 4) is 0 Å². The molecule has 3 heterocycles. The second-order valence-electron chi connectivity index (χ2n) is 6.07. The Morgan fingerprint density at radius 2 is 2.33 bits per heavy atom. The number of thiazole rings is 1. The van der Waals surface area contributed by atoms with E-state index in [0.29, 0.717) is 22.9 Å². The van der Waals surface area contributed by atoms with Gasteiger partial charge in [0, 0.05) is 16.8 Å². The summed E-state index contributed by atoms with van der Waals surface area (Å²) in [6, 6.07) is 8.15. The molecule has 27 heavy (non-hydrogen) atoms. The van der Waals surface area contributed by atoms with Gasteiger partial charge in [-0.15, -0.1) is 29.7 Å². The number of aromatic amines is 1. The van der Waals surface area contributed by atoms with E-state index in [1.165, 1.54) is 21.8 Å². The van der Waals surface area contributed by atoms with Gasteiger partial charge in [0.15, 0.2) is 9.90 Å². The van der Waals surface area contributed by atoms with Crippen LogP contribution in [0.4, 0.5) is 5.13 Å². The molecular formula is C18H17N5OS3. The average molecular weight is 416 g/mol. The molecule has 1 amide bonds. The summed E-state index contributed by atoms with van der Waals surface area (Å²) >= 11 is 8.26. The third kappa shape index (κ3) is 3.90. The number of thioether (sulfide) groups is 1. The number of hydrogen-bond acceptors (Lipinski definition) is 6. The van der Waals surface area contributed by atoms with Gasteiger partial charge in [-0.05, 0) is 30.3 Å². The van der Waals surface area contributed by atoms with Crippen molar-refractivity contribution in [1.29, 1.82) is 0 Å². The van der Waals surface area contributed by atoms with Crippen molar-refractivity contribution < 1.29 is 4.79 Å². The molecule has 3 aromatic rings. The molecule has 9 heteroatoms. The molecule has 6 nitrogen and oxygen atoms in total. The molecular weight excluding hydrogens is 398 g/mol. The molecule has 2 N–H and O–H groups in total. The van der Waals surface area contributed by atoms with E-state index < -0.39 is 0 Å². The number of aromatic nitrogens is 4. The molecule has 138 valence electrons. The first kappa shape index (κ1) is 18.1. The van der Waals surface area contributed by atoms with Crippen LogP contribution in [0.5, 0.6) is 0 Å². The number of nitrogens with one attached hydrogen (secondary N) is 2. The minimum absolute atomic E-state index is 0.00793. The lowest BCUT2D eigenvalue weighted by Gasteiger charge is -2.07. The molecule has 0 saturated heterocycles. The highest BCUT2D eigenvalue weighted by atomic mass is 32.2. The van der Waals surface area contributed by atoms with Crippen LogP contribution in [0, 0.1) is 4.77 Å². The molecule has 1 aliphatic heterocycles. The Hall–Kier alpha value is -2.23. The maximum atomic E-state index is 12.6. The molecule has 1 unspecified atom stereocenters. The summed E-state index contributed by atoms with van der Waals surface area (Å²) in [5.74, 6) is 0.788. The minimum atomic E-state index is -0.112. The Balaban J connectivity index is 1.41. The number of rotatable bonds is 6. The second-order valence-corrected chi connectivity index (χ2v) is 8.56. The largest absolute Gasteiger partial charge is 0.301 e. The third-order valence-corrected chi connectivity index (χ3v) is 6.65. The Morgan fingerprint density at radius 3 is 3.15 bits per heavy atom. The van der Waals surface area contributed by atoms with E-state index in [9.17, 15) is 4.79 Å². The van der Waals surface area contributed by atoms with Gasteiger partial charge < -0.3 is 5.32 Å². The Morgan fingerprint density at radius 1 is 1.48 bits per heavy atom. The zero-order valence-electron chi connectivity index (χ0n) is 14.3. The minimum Gasteiger partial charge on any atom is -0.301 e. The molecule has 0 spiro atoms. The number of hydrogen-bond donors (Lipinski definition) is 2. The number of fused-ring (bicyclic) bond motifs is 1. The summed E-state index contributed by atoms with van der Waals surface area (Å²) in [6.45, 7) is 4.34. The van der Waals surface area contributed by atoms with Crippen molar-refractivity contribution in [2.75, 3.05) is 5.32 Å². The molecule has 2 aromatic heterocycles. The highest BCUT2D eigenvalue weighted by molar-refractivity contribution is 8.01. The van der Waals surface area contributed by atoms with Gasteiger partial charge in [-0.2, -0.15) is 5.10 Å². The Kier molecular flexibility index (Phi) is 5.24. The predicted molar refractivity (Wildman–Crippen MR) is 111 cm³/mol. The SMILES string of the molecule is C=CCn1c(Cc2csc(NC(=O)C3Cc4ccccc4S3)n2)n[nH]c1=S. The zero-order chi connectivity index (χ0) is 18.8. The van der Waals surface area contributed by atoms with Gasteiger partial charge in [0.2, 0.25) is 5.91 Å². The first-order chi connectivity index (χ1) is 13.1. The van der Waals surface area contributed by atoms with Crippen LogP contribution in [0.25, 0.3) is 0 Å². The van der Waals surface area contributed by atoms with Crippen LogP contribution in [-0.4, -0.2) is 30.9 Å². The number of nitrogens with zero attached hydrogens (tertiary/aromatic N) is 3. The zero-order valence-corrected chi connectivity index (χ0v) is 16.8. The van der Waals surface area contributed by atoms with E-state index in [4.69, 9.17) is 12.2 Å². The number of allylic oxidation sites excluding steroid dienone is 1. The molecule has 1 atom stereocenters. The van der Waals surface area contributed by atoms with Crippen molar-refractivity contribution >= 4 is 46.4 Å². The molecule has 1 aromatic carbocycles. The van der Waals surface area contributed by atoms with Gasteiger partial charge in [0.05, 0.1) is 17.4 Å². The number of anilines is 1. The highest BCUT2D eigenvalue weighted by Gasteiger charge is 2.28. The van der Waals surface area contributed by atoms with Crippen molar-refractivity contribution in [3.63, 3.8) is 0 Å². The van der Waals surface area contributed by atoms with Crippen molar-refractivity contribution in [1.82, 2.24) is 19.7 Å². The van der Waals surface area contributed by atoms with Crippen molar-refractivity contribution in [2.24, 2.45) is 0 Å². The number of carbonyl (C=O) groups excluding carboxylic acids is 1. The first-order valence-electron chi connectivity index (χ1n) is 8.39. The topological polar surface area (TPSA) is 75.6 Å². The van der Waals surface area contributed by atoms with Crippen LogP contribution in [-0.2, 0) is 24.2 Å². The summed E-state index contributed by atoms with van der Waals surface area (Å²) in [5, 5.41) is 12.4. The van der Waals surface area contributed by atoms with Gasteiger partial charge >= 0.3 is 0 Å². The summed E-state index contributed by atoms with van der Waals surface area (Å²) in [7, 11) is 0. The number of carbonyl (C=O) groups is 1. The molecule has 0 fully saturated rings. The van der Waals surface area contributed by atoms with Crippen LogP contribution >= 0.6 is 35.3 Å². The smallest absolute Gasteiger partial charge is 0.239 e. The molecule has 0 aliphatic carbocycles. The summed E-state index contributed by atoms with van der Waals surface area (Å²) in [4.78, 5) is 18.3. The molecule has 1 aliphatic rings. The third-order valence-electron chi connectivity index (χ3n) is 4.21. The lowest BCUT2D eigenvalue weighted by atomic mass is 10.1. The highest BCUT2D eigenvalue weighted by Crippen LogP contribution is 2.37. The first-order valence-corrected chi connectivity index (χ1v) is 10.6. The normalized spacial score (nSPS) is 15.5. The fraction of sp³-hybridized carbons (Fsp3) is 0.222. The predicted octanol–water partition coefficient (Wildman–Crippen LogP) is 3.83. The van der Waals surface area contributed by atoms with Crippen molar-refractivity contribution in [2.45, 2.75) is 29.5 Å². The standard InChI is InChI=1S/C18H17N5OS3/c1-2-7-23-15(21-22-18(23)25)9-12-10-26-17(19-12)20-16(24)14-8-11-5-3-4-6-13(11)27-14/h2-6,10,14H,1,7-9H2,(H,22,25)(H,19,20,24). The fourth-order valence-electron chi connectivity index (χ4n) is 2.92. The van der Waals surface area contributed by atoms with E-state index in [-0.39, 0.29) is 11.2 Å². The van der Waals surface area contributed by atoms with Gasteiger partial charge in [-0.25, -0.2) is 4.98 Å². The van der Waals surface area contributed by atoms with Gasteiger partial charge in [-0.3, -0.25) is 14.5 Å². The molecule has 0 saturated carbocycles. The number of benzene rings is 1. The van der Waals surface area contributed by atoms with Gasteiger partial charge in [0.1, 0.15) is 5.82 Å². The maximum absolute atomic E-state index is 12.6. The Bertz CT molecular complexity index is 1030. The fourth-order valence-corrected chi connectivity index (χ4v) is 5.06. The number of H-pyrrole nitrogens is 1. The van der Waals surface area contributed by atoms with E-state index >= 15 is 0 Å². The lowest BCUT2D eigenvalue weighted by Crippen LogP contribution is -2.24. The maximum Gasteiger partial charge on any atom is 0.239 e. The van der Waals surface area contributed by atoms with Crippen molar-refractivity contribution in [3.05, 3.63) is 64.2 Å².